The Bertz CT molecular complexity index is 698. The van der Waals surface area contributed by atoms with E-state index in [0.29, 0.717) is 22.9 Å². The van der Waals surface area contributed by atoms with E-state index in [1.165, 1.54) is 32.6 Å². The average Bonchev–Trinajstić information content (AvgIpc) is 3.11. The number of carbonyl (C=O) groups is 2. The summed E-state index contributed by atoms with van der Waals surface area (Å²) in [5.41, 5.74) is 0.471. The molecule has 0 spiro atoms. The highest BCUT2D eigenvalue weighted by Gasteiger charge is 2.08. The molecule has 7 nitrogen and oxygen atoms in total. The van der Waals surface area contributed by atoms with Gasteiger partial charge in [-0.3, -0.25) is 4.79 Å². The molecule has 1 N–H and O–H groups in total. The molecule has 1 aromatic carbocycles. The first-order chi connectivity index (χ1) is 11.6. The summed E-state index contributed by atoms with van der Waals surface area (Å²) >= 11 is 0. The normalized spacial score (nSPS) is 10.4. The number of methoxy groups -OCH3 is 2. The fraction of sp³-hybridized carbons (Fsp3) is 0.176. The van der Waals surface area contributed by atoms with E-state index in [2.05, 4.69) is 5.32 Å². The number of ether oxygens (including phenoxy) is 3. The smallest absolute Gasteiger partial charge is 0.331 e. The van der Waals surface area contributed by atoms with Gasteiger partial charge >= 0.3 is 5.97 Å². The fourth-order valence-corrected chi connectivity index (χ4v) is 1.80. The Morgan fingerprint density at radius 1 is 1.17 bits per heavy atom. The van der Waals surface area contributed by atoms with Crippen molar-refractivity contribution in [1.29, 1.82) is 0 Å². The molecule has 1 heterocycles. The first kappa shape index (κ1) is 17.1. The lowest BCUT2D eigenvalue weighted by Crippen LogP contribution is -2.20. The van der Waals surface area contributed by atoms with Gasteiger partial charge in [-0.2, -0.15) is 0 Å². The molecule has 0 saturated carbocycles. The molecule has 1 amide bonds. The highest BCUT2D eigenvalue weighted by Crippen LogP contribution is 2.25. The van der Waals surface area contributed by atoms with Crippen molar-refractivity contribution in [1.82, 2.24) is 0 Å². The van der Waals surface area contributed by atoms with Crippen LogP contribution in [0.25, 0.3) is 6.08 Å². The van der Waals surface area contributed by atoms with Crippen LogP contribution in [0.1, 0.15) is 5.76 Å². The monoisotopic (exact) mass is 331 g/mol. The van der Waals surface area contributed by atoms with Crippen LogP contribution in [0.4, 0.5) is 5.69 Å². The molecule has 0 bridgehead atoms. The Balaban J connectivity index is 1.86. The Labute approximate surface area is 138 Å². The van der Waals surface area contributed by atoms with Gasteiger partial charge in [-0.25, -0.2) is 4.79 Å². The molecule has 0 atom stereocenters. The van der Waals surface area contributed by atoms with E-state index < -0.39 is 18.5 Å². The van der Waals surface area contributed by atoms with E-state index in [1.807, 2.05) is 0 Å². The molecule has 2 rings (SSSR count). The van der Waals surface area contributed by atoms with Gasteiger partial charge in [-0.15, -0.1) is 0 Å². The molecule has 24 heavy (non-hydrogen) atoms. The largest absolute Gasteiger partial charge is 0.497 e. The summed E-state index contributed by atoms with van der Waals surface area (Å²) in [6.07, 6.45) is 4.12. The first-order valence-corrected chi connectivity index (χ1v) is 7.02. The second-order valence-corrected chi connectivity index (χ2v) is 4.61. The van der Waals surface area contributed by atoms with Crippen LogP contribution in [0.5, 0.6) is 11.5 Å². The molecule has 126 valence electrons. The fourth-order valence-electron chi connectivity index (χ4n) is 1.80. The Morgan fingerprint density at radius 3 is 2.46 bits per heavy atom. The third-order valence-electron chi connectivity index (χ3n) is 2.91. The summed E-state index contributed by atoms with van der Waals surface area (Å²) in [5, 5.41) is 2.60. The van der Waals surface area contributed by atoms with Gasteiger partial charge < -0.3 is 23.9 Å². The highest BCUT2D eigenvalue weighted by molar-refractivity contribution is 5.94. The minimum absolute atomic E-state index is 0.416. The number of anilines is 1. The van der Waals surface area contributed by atoms with Crippen LogP contribution in [0.15, 0.2) is 47.1 Å². The van der Waals surface area contributed by atoms with E-state index in [-0.39, 0.29) is 0 Å². The number of nitrogens with one attached hydrogen (secondary N) is 1. The van der Waals surface area contributed by atoms with Crippen molar-refractivity contribution in [2.75, 3.05) is 26.1 Å². The highest BCUT2D eigenvalue weighted by atomic mass is 16.5. The van der Waals surface area contributed by atoms with Crippen LogP contribution >= 0.6 is 0 Å². The van der Waals surface area contributed by atoms with Gasteiger partial charge in [-0.05, 0) is 18.2 Å². The molecular formula is C17H17NO6. The van der Waals surface area contributed by atoms with Gasteiger partial charge in [0.15, 0.2) is 6.61 Å². The van der Waals surface area contributed by atoms with Crippen molar-refractivity contribution in [3.63, 3.8) is 0 Å². The topological polar surface area (TPSA) is 87.0 Å². The first-order valence-electron chi connectivity index (χ1n) is 7.02. The maximum atomic E-state index is 11.8. The second-order valence-electron chi connectivity index (χ2n) is 4.61. The predicted molar refractivity (Wildman–Crippen MR) is 86.9 cm³/mol. The van der Waals surface area contributed by atoms with Gasteiger partial charge in [0.05, 0.1) is 20.5 Å². The zero-order chi connectivity index (χ0) is 17.4. The van der Waals surface area contributed by atoms with Gasteiger partial charge in [0.1, 0.15) is 17.3 Å². The van der Waals surface area contributed by atoms with Crippen LogP contribution in [-0.4, -0.2) is 32.7 Å². The third-order valence-corrected chi connectivity index (χ3v) is 2.91. The number of esters is 1. The molecule has 0 fully saturated rings. The molecular weight excluding hydrogens is 314 g/mol. The Hall–Kier alpha value is -3.22. The molecule has 0 aliphatic rings. The van der Waals surface area contributed by atoms with Crippen molar-refractivity contribution in [3.05, 3.63) is 48.4 Å². The number of amides is 1. The molecule has 0 radical (unpaired) electrons. The predicted octanol–water partition coefficient (Wildman–Crippen LogP) is 2.49. The average molecular weight is 331 g/mol. The number of carbonyl (C=O) groups excluding carboxylic acids is 2. The minimum atomic E-state index is -0.648. The Morgan fingerprint density at radius 2 is 1.88 bits per heavy atom. The van der Waals surface area contributed by atoms with Crippen molar-refractivity contribution in [2.45, 2.75) is 0 Å². The van der Waals surface area contributed by atoms with Crippen LogP contribution in [0.3, 0.4) is 0 Å². The summed E-state index contributed by atoms with van der Waals surface area (Å²) in [6.45, 7) is -0.416. The number of hydrogen-bond acceptors (Lipinski definition) is 6. The van der Waals surface area contributed by atoms with Gasteiger partial charge in [-0.1, -0.05) is 0 Å². The third kappa shape index (κ3) is 5.20. The van der Waals surface area contributed by atoms with E-state index in [9.17, 15) is 9.59 Å². The molecule has 7 heteroatoms. The molecule has 0 saturated heterocycles. The van der Waals surface area contributed by atoms with Crippen molar-refractivity contribution < 1.29 is 28.2 Å². The van der Waals surface area contributed by atoms with E-state index in [0.717, 1.165) is 0 Å². The molecule has 0 aliphatic carbocycles. The van der Waals surface area contributed by atoms with Gasteiger partial charge in [0.25, 0.3) is 5.91 Å². The lowest BCUT2D eigenvalue weighted by Gasteiger charge is -2.09. The standard InChI is InChI=1S/C17H17NO6/c1-21-14-8-12(9-15(10-14)22-2)18-16(19)11-24-17(20)6-5-13-4-3-7-23-13/h3-10H,11H2,1-2H3,(H,18,19). The van der Waals surface area contributed by atoms with Crippen LogP contribution in [0, 0.1) is 0 Å². The SMILES string of the molecule is COc1cc(NC(=O)COC(=O)C=Cc2ccco2)cc(OC)c1. The summed E-state index contributed by atoms with van der Waals surface area (Å²) in [7, 11) is 3.01. The summed E-state index contributed by atoms with van der Waals surface area (Å²) in [4.78, 5) is 23.4. The zero-order valence-corrected chi connectivity index (χ0v) is 13.3. The van der Waals surface area contributed by atoms with Crippen LogP contribution < -0.4 is 14.8 Å². The summed E-state index contributed by atoms with van der Waals surface area (Å²) in [6, 6.07) is 8.31. The quantitative estimate of drug-likeness (QED) is 0.619. The van der Waals surface area contributed by atoms with Gasteiger partial charge in [0, 0.05) is 30.0 Å². The van der Waals surface area contributed by atoms with Crippen LogP contribution in [0.2, 0.25) is 0 Å². The molecule has 0 unspecified atom stereocenters. The number of hydrogen-bond donors (Lipinski definition) is 1. The molecule has 2 aromatic rings. The van der Waals surface area contributed by atoms with Crippen LogP contribution in [-0.2, 0) is 14.3 Å². The lowest BCUT2D eigenvalue weighted by atomic mass is 10.2. The van der Waals surface area contributed by atoms with E-state index in [1.54, 1.807) is 30.3 Å². The summed E-state index contributed by atoms with van der Waals surface area (Å²) < 4.78 is 20.1. The number of furan rings is 1. The van der Waals surface area contributed by atoms with Crippen molar-refractivity contribution in [2.24, 2.45) is 0 Å². The Kier molecular flexibility index (Phi) is 6.01. The lowest BCUT2D eigenvalue weighted by molar-refractivity contribution is -0.142. The van der Waals surface area contributed by atoms with Gasteiger partial charge in [0.2, 0.25) is 0 Å². The van der Waals surface area contributed by atoms with E-state index in [4.69, 9.17) is 18.6 Å². The number of rotatable bonds is 7. The van der Waals surface area contributed by atoms with E-state index >= 15 is 0 Å². The number of benzene rings is 1. The van der Waals surface area contributed by atoms with Crippen molar-refractivity contribution in [3.8, 4) is 11.5 Å². The maximum Gasteiger partial charge on any atom is 0.331 e. The zero-order valence-electron chi connectivity index (χ0n) is 13.3. The van der Waals surface area contributed by atoms with Crippen molar-refractivity contribution >= 4 is 23.6 Å². The minimum Gasteiger partial charge on any atom is -0.497 e. The molecule has 0 aliphatic heterocycles. The maximum absolute atomic E-state index is 11.8. The second kappa shape index (κ2) is 8.42. The summed E-state index contributed by atoms with van der Waals surface area (Å²) in [5.74, 6) is 0.445. The molecule has 1 aromatic heterocycles.